The van der Waals surface area contributed by atoms with E-state index in [2.05, 4.69) is 5.10 Å². The van der Waals surface area contributed by atoms with Crippen LogP contribution in [-0.4, -0.2) is 41.4 Å². The monoisotopic (exact) mass is 315 g/mol. The van der Waals surface area contributed by atoms with Crippen molar-refractivity contribution in [1.82, 2.24) is 14.7 Å². The first-order valence-corrected chi connectivity index (χ1v) is 7.56. The second-order valence-corrected chi connectivity index (χ2v) is 5.75. The molecule has 1 aliphatic heterocycles. The van der Waals surface area contributed by atoms with Crippen LogP contribution in [0.25, 0.3) is 0 Å². The van der Waals surface area contributed by atoms with E-state index in [0.717, 1.165) is 23.4 Å². The highest BCUT2D eigenvalue weighted by molar-refractivity contribution is 5.95. The Morgan fingerprint density at radius 3 is 2.39 bits per heavy atom. The number of carbonyl (C=O) groups excluding carboxylic acids is 1. The molecule has 0 saturated carbocycles. The summed E-state index contributed by atoms with van der Waals surface area (Å²) in [6.07, 6.45) is 2.59. The predicted octanol–water partition coefficient (Wildman–Crippen LogP) is 1.94. The topological polar surface area (TPSA) is 56.6 Å². The van der Waals surface area contributed by atoms with Crippen LogP contribution in [0.1, 0.15) is 27.2 Å². The van der Waals surface area contributed by atoms with Crippen LogP contribution in [0.4, 0.5) is 0 Å². The van der Waals surface area contributed by atoms with E-state index in [-0.39, 0.29) is 5.91 Å². The minimum absolute atomic E-state index is 0.0241. The normalized spacial score (nSPS) is 13.7. The van der Waals surface area contributed by atoms with Gasteiger partial charge in [-0.05, 0) is 36.6 Å². The Labute approximate surface area is 135 Å². The lowest BCUT2D eigenvalue weighted by Gasteiger charge is -2.29. The van der Waals surface area contributed by atoms with Gasteiger partial charge in [0.2, 0.25) is 0 Å². The van der Waals surface area contributed by atoms with E-state index in [9.17, 15) is 4.79 Å². The molecule has 0 N–H and O–H groups in total. The molecule has 2 aromatic rings. The molecule has 6 nitrogen and oxygen atoms in total. The first-order valence-electron chi connectivity index (χ1n) is 7.56. The molecule has 0 bridgehead atoms. The zero-order valence-corrected chi connectivity index (χ0v) is 13.9. The lowest BCUT2D eigenvalue weighted by Crippen LogP contribution is -2.36. The molecule has 23 heavy (non-hydrogen) atoms. The number of ether oxygens (including phenoxy) is 2. The van der Waals surface area contributed by atoms with Gasteiger partial charge < -0.3 is 14.4 Å². The van der Waals surface area contributed by atoms with Crippen molar-refractivity contribution in [3.8, 4) is 11.5 Å². The molecule has 6 heteroatoms. The zero-order valence-electron chi connectivity index (χ0n) is 13.9. The van der Waals surface area contributed by atoms with Crippen molar-refractivity contribution in [2.45, 2.75) is 19.9 Å². The van der Waals surface area contributed by atoms with Crippen LogP contribution in [0, 0.1) is 6.92 Å². The highest BCUT2D eigenvalue weighted by Gasteiger charge is 2.25. The van der Waals surface area contributed by atoms with Crippen molar-refractivity contribution in [3.63, 3.8) is 0 Å². The molecule has 0 spiro atoms. The second-order valence-electron chi connectivity index (χ2n) is 5.75. The van der Waals surface area contributed by atoms with Crippen molar-refractivity contribution < 1.29 is 14.3 Å². The summed E-state index contributed by atoms with van der Waals surface area (Å²) in [5.74, 6) is 1.45. The molecule has 1 amide bonds. The molecule has 1 aromatic heterocycles. The fourth-order valence-electron chi connectivity index (χ4n) is 3.04. The van der Waals surface area contributed by atoms with Crippen molar-refractivity contribution in [3.05, 3.63) is 40.7 Å². The SMILES string of the molecule is COc1cc2c(cc1OC)CN(C(=O)c1cn(C)nc1C)CC2. The van der Waals surface area contributed by atoms with E-state index in [1.54, 1.807) is 25.1 Å². The van der Waals surface area contributed by atoms with Gasteiger partial charge >= 0.3 is 0 Å². The Bertz CT molecular complexity index is 752. The zero-order chi connectivity index (χ0) is 16.6. The van der Waals surface area contributed by atoms with Gasteiger partial charge in [0.25, 0.3) is 5.91 Å². The van der Waals surface area contributed by atoms with Crippen LogP contribution in [0.3, 0.4) is 0 Å². The third kappa shape index (κ3) is 2.76. The van der Waals surface area contributed by atoms with Gasteiger partial charge in [-0.1, -0.05) is 0 Å². The molecule has 0 radical (unpaired) electrons. The number of carbonyl (C=O) groups is 1. The van der Waals surface area contributed by atoms with Crippen LogP contribution in [-0.2, 0) is 20.0 Å². The number of aryl methyl sites for hydroxylation is 2. The lowest BCUT2D eigenvalue weighted by molar-refractivity contribution is 0.0733. The fraction of sp³-hybridized carbons (Fsp3) is 0.412. The Morgan fingerprint density at radius 2 is 1.83 bits per heavy atom. The molecule has 1 aromatic carbocycles. The maximum Gasteiger partial charge on any atom is 0.257 e. The fourth-order valence-corrected chi connectivity index (χ4v) is 3.04. The minimum atomic E-state index is 0.0241. The molecule has 3 rings (SSSR count). The van der Waals surface area contributed by atoms with Gasteiger partial charge in [0.15, 0.2) is 11.5 Å². The molecule has 0 fully saturated rings. The van der Waals surface area contributed by atoms with E-state index in [0.29, 0.717) is 24.4 Å². The van der Waals surface area contributed by atoms with Gasteiger partial charge in [0.1, 0.15) is 0 Å². The van der Waals surface area contributed by atoms with Crippen molar-refractivity contribution in [1.29, 1.82) is 0 Å². The molecule has 122 valence electrons. The molecular formula is C17H21N3O3. The predicted molar refractivity (Wildman–Crippen MR) is 85.9 cm³/mol. The summed E-state index contributed by atoms with van der Waals surface area (Å²) in [7, 11) is 5.08. The third-order valence-corrected chi connectivity index (χ3v) is 4.25. The number of fused-ring (bicyclic) bond motifs is 1. The summed E-state index contributed by atoms with van der Waals surface area (Å²) in [4.78, 5) is 14.6. The molecule has 0 aliphatic carbocycles. The van der Waals surface area contributed by atoms with Gasteiger partial charge in [0.05, 0.1) is 25.5 Å². The summed E-state index contributed by atoms with van der Waals surface area (Å²) < 4.78 is 12.4. The maximum atomic E-state index is 12.7. The molecule has 0 saturated heterocycles. The third-order valence-electron chi connectivity index (χ3n) is 4.25. The van der Waals surface area contributed by atoms with Gasteiger partial charge in [-0.3, -0.25) is 9.48 Å². The van der Waals surface area contributed by atoms with Crippen molar-refractivity contribution >= 4 is 5.91 Å². The molecule has 0 unspecified atom stereocenters. The standard InChI is InChI=1S/C17H21N3O3/c1-11-14(10-19(2)18-11)17(21)20-6-5-12-7-15(22-3)16(23-4)8-13(12)9-20/h7-8,10H,5-6,9H2,1-4H3. The Balaban J connectivity index is 1.87. The molecule has 2 heterocycles. The highest BCUT2D eigenvalue weighted by atomic mass is 16.5. The number of amides is 1. The number of rotatable bonds is 3. The Hall–Kier alpha value is -2.50. The van der Waals surface area contributed by atoms with Crippen molar-refractivity contribution in [2.24, 2.45) is 7.05 Å². The number of methoxy groups -OCH3 is 2. The lowest BCUT2D eigenvalue weighted by atomic mass is 9.98. The largest absolute Gasteiger partial charge is 0.493 e. The summed E-state index contributed by atoms with van der Waals surface area (Å²) >= 11 is 0. The summed E-state index contributed by atoms with van der Waals surface area (Å²) in [6.45, 7) is 3.12. The average molecular weight is 315 g/mol. The molecule has 0 atom stereocenters. The quantitative estimate of drug-likeness (QED) is 0.868. The number of benzene rings is 1. The first kappa shape index (κ1) is 15.4. The van der Waals surface area contributed by atoms with E-state index in [1.165, 1.54) is 5.56 Å². The van der Waals surface area contributed by atoms with E-state index in [4.69, 9.17) is 9.47 Å². The van der Waals surface area contributed by atoms with Crippen LogP contribution >= 0.6 is 0 Å². The Morgan fingerprint density at radius 1 is 1.17 bits per heavy atom. The van der Waals surface area contributed by atoms with E-state index < -0.39 is 0 Å². The highest BCUT2D eigenvalue weighted by Crippen LogP contribution is 2.33. The van der Waals surface area contributed by atoms with E-state index >= 15 is 0 Å². The summed E-state index contributed by atoms with van der Waals surface area (Å²) in [5.41, 5.74) is 3.73. The number of hydrogen-bond donors (Lipinski definition) is 0. The Kier molecular flexibility index (Phi) is 3.98. The average Bonchev–Trinajstić information content (AvgIpc) is 2.90. The maximum absolute atomic E-state index is 12.7. The number of hydrogen-bond acceptors (Lipinski definition) is 4. The van der Waals surface area contributed by atoms with Crippen LogP contribution in [0.5, 0.6) is 11.5 Å². The van der Waals surface area contributed by atoms with E-state index in [1.807, 2.05) is 31.0 Å². The van der Waals surface area contributed by atoms with Crippen LogP contribution in [0.15, 0.2) is 18.3 Å². The smallest absolute Gasteiger partial charge is 0.257 e. The second kappa shape index (κ2) is 5.95. The van der Waals surface area contributed by atoms with Crippen molar-refractivity contribution in [2.75, 3.05) is 20.8 Å². The summed E-state index contributed by atoms with van der Waals surface area (Å²) in [5, 5.41) is 4.25. The number of aromatic nitrogens is 2. The van der Waals surface area contributed by atoms with Gasteiger partial charge in [-0.2, -0.15) is 5.10 Å². The van der Waals surface area contributed by atoms with Crippen LogP contribution in [0.2, 0.25) is 0 Å². The van der Waals surface area contributed by atoms with Gasteiger partial charge in [-0.15, -0.1) is 0 Å². The summed E-state index contributed by atoms with van der Waals surface area (Å²) in [6, 6.07) is 3.97. The number of nitrogens with zero attached hydrogens (tertiary/aromatic N) is 3. The van der Waals surface area contributed by atoms with Gasteiger partial charge in [0, 0.05) is 26.3 Å². The first-order chi connectivity index (χ1) is 11.0. The molecule has 1 aliphatic rings. The minimum Gasteiger partial charge on any atom is -0.493 e. The van der Waals surface area contributed by atoms with Gasteiger partial charge in [-0.25, -0.2) is 0 Å². The molecular weight excluding hydrogens is 294 g/mol. The van der Waals surface area contributed by atoms with Crippen LogP contribution < -0.4 is 9.47 Å².